The maximum absolute atomic E-state index is 12.0. The van der Waals surface area contributed by atoms with Gasteiger partial charge in [-0.1, -0.05) is 19.1 Å². The van der Waals surface area contributed by atoms with Gasteiger partial charge < -0.3 is 10.1 Å². The topological polar surface area (TPSA) is 62.7 Å². The van der Waals surface area contributed by atoms with Gasteiger partial charge in [0.25, 0.3) is 5.91 Å². The normalized spacial score (nSPS) is 17.9. The zero-order valence-corrected chi connectivity index (χ0v) is 12.1. The summed E-state index contributed by atoms with van der Waals surface area (Å²) in [5, 5.41) is 5.86. The molecule has 1 aromatic carbocycles. The second-order valence-corrected chi connectivity index (χ2v) is 5.09. The number of carbonyl (C=O) groups is 1. The monoisotopic (exact) mass is 275 g/mol. The van der Waals surface area contributed by atoms with Crippen LogP contribution in [-0.4, -0.2) is 24.5 Å². The highest BCUT2D eigenvalue weighted by molar-refractivity contribution is 6.05. The third-order valence-corrected chi connectivity index (χ3v) is 2.82. The van der Waals surface area contributed by atoms with Crippen LogP contribution in [0.15, 0.2) is 29.3 Å². The summed E-state index contributed by atoms with van der Waals surface area (Å²) in [7, 11) is 0. The Labute approximate surface area is 119 Å². The van der Waals surface area contributed by atoms with Crippen LogP contribution in [0.1, 0.15) is 38.8 Å². The van der Waals surface area contributed by atoms with Crippen LogP contribution >= 0.6 is 0 Å². The van der Waals surface area contributed by atoms with Gasteiger partial charge in [0.1, 0.15) is 5.75 Å². The molecule has 108 valence electrons. The minimum Gasteiger partial charge on any atom is -0.494 e. The molecule has 1 heterocycles. The standard InChI is InChI=1S/C15H21N3O2/c1-4-8-20-12-7-5-6-11(9-12)13-14(19)18-15(17-13)16-10(2)3/h5-7,9-10,13H,4,8H2,1-3H3,(H2,16,17,18,19). The van der Waals surface area contributed by atoms with E-state index >= 15 is 0 Å². The Balaban J connectivity index is 2.14. The van der Waals surface area contributed by atoms with E-state index in [1.54, 1.807) is 0 Å². The number of ether oxygens (including phenoxy) is 1. The highest BCUT2D eigenvalue weighted by Gasteiger charge is 2.28. The van der Waals surface area contributed by atoms with Crippen LogP contribution in [0.3, 0.4) is 0 Å². The molecular formula is C15H21N3O2. The van der Waals surface area contributed by atoms with E-state index in [0.717, 1.165) is 17.7 Å². The number of hydrogen-bond donors (Lipinski definition) is 2. The summed E-state index contributed by atoms with van der Waals surface area (Å²) >= 11 is 0. The first kappa shape index (κ1) is 14.4. The molecule has 0 bridgehead atoms. The predicted molar refractivity (Wildman–Crippen MR) is 78.8 cm³/mol. The molecule has 0 aromatic heterocycles. The van der Waals surface area contributed by atoms with E-state index in [1.807, 2.05) is 38.1 Å². The molecule has 5 heteroatoms. The van der Waals surface area contributed by atoms with Crippen LogP contribution in [-0.2, 0) is 4.79 Å². The Morgan fingerprint density at radius 1 is 1.45 bits per heavy atom. The lowest BCUT2D eigenvalue weighted by Crippen LogP contribution is -2.40. The summed E-state index contributed by atoms with van der Waals surface area (Å²) in [6, 6.07) is 7.28. The number of carbonyl (C=O) groups excluding carboxylic acids is 1. The van der Waals surface area contributed by atoms with Gasteiger partial charge in [0.15, 0.2) is 12.0 Å². The van der Waals surface area contributed by atoms with Gasteiger partial charge in [0.2, 0.25) is 0 Å². The quantitative estimate of drug-likeness (QED) is 0.864. The Morgan fingerprint density at radius 3 is 2.95 bits per heavy atom. The first-order valence-electron chi connectivity index (χ1n) is 6.98. The van der Waals surface area contributed by atoms with Gasteiger partial charge in [0, 0.05) is 6.04 Å². The fourth-order valence-electron chi connectivity index (χ4n) is 1.97. The number of benzene rings is 1. The first-order valence-corrected chi connectivity index (χ1v) is 6.98. The number of aliphatic imine (C=N–C) groups is 1. The SMILES string of the molecule is CCCOc1cccc(C2N=C(NC(C)C)NC2=O)c1. The lowest BCUT2D eigenvalue weighted by molar-refractivity contribution is -0.120. The number of hydrogen-bond acceptors (Lipinski definition) is 4. The Morgan fingerprint density at radius 2 is 2.25 bits per heavy atom. The molecule has 1 aliphatic rings. The number of amides is 1. The summed E-state index contributed by atoms with van der Waals surface area (Å²) in [5.41, 5.74) is 0.844. The van der Waals surface area contributed by atoms with Gasteiger partial charge >= 0.3 is 0 Å². The summed E-state index contributed by atoms with van der Waals surface area (Å²) in [6.45, 7) is 6.73. The number of rotatable bonds is 5. The summed E-state index contributed by atoms with van der Waals surface area (Å²) in [5.74, 6) is 1.20. The number of nitrogens with one attached hydrogen (secondary N) is 2. The molecule has 0 fully saturated rings. The van der Waals surface area contributed by atoms with Gasteiger partial charge in [-0.2, -0.15) is 0 Å². The third kappa shape index (κ3) is 3.50. The molecule has 2 rings (SSSR count). The maximum atomic E-state index is 12.0. The lowest BCUT2D eigenvalue weighted by Gasteiger charge is -2.08. The summed E-state index contributed by atoms with van der Waals surface area (Å²) in [6.07, 6.45) is 0.953. The van der Waals surface area contributed by atoms with Gasteiger partial charge in [0.05, 0.1) is 6.61 Å². The van der Waals surface area contributed by atoms with E-state index in [-0.39, 0.29) is 11.9 Å². The summed E-state index contributed by atoms with van der Waals surface area (Å²) < 4.78 is 5.59. The van der Waals surface area contributed by atoms with Crippen molar-refractivity contribution < 1.29 is 9.53 Å². The van der Waals surface area contributed by atoms with Crippen molar-refractivity contribution in [1.82, 2.24) is 10.6 Å². The molecule has 1 aliphatic heterocycles. The van der Waals surface area contributed by atoms with Gasteiger partial charge in [-0.3, -0.25) is 10.1 Å². The zero-order valence-electron chi connectivity index (χ0n) is 12.1. The predicted octanol–water partition coefficient (Wildman–Crippen LogP) is 2.00. The average molecular weight is 275 g/mol. The van der Waals surface area contributed by atoms with Crippen LogP contribution in [0.4, 0.5) is 0 Å². The molecule has 0 spiro atoms. The highest BCUT2D eigenvalue weighted by Crippen LogP contribution is 2.24. The Kier molecular flexibility index (Phi) is 4.61. The van der Waals surface area contributed by atoms with E-state index in [2.05, 4.69) is 22.5 Å². The van der Waals surface area contributed by atoms with Crippen molar-refractivity contribution in [3.8, 4) is 5.75 Å². The molecule has 0 aliphatic carbocycles. The average Bonchev–Trinajstić information content (AvgIpc) is 2.76. The smallest absolute Gasteiger partial charge is 0.256 e. The Bertz CT molecular complexity index is 512. The number of nitrogens with zero attached hydrogens (tertiary/aromatic N) is 1. The van der Waals surface area contributed by atoms with Crippen molar-refractivity contribution in [1.29, 1.82) is 0 Å². The highest BCUT2D eigenvalue weighted by atomic mass is 16.5. The number of guanidine groups is 1. The molecule has 1 amide bonds. The van der Waals surface area contributed by atoms with E-state index in [0.29, 0.717) is 12.6 Å². The molecule has 0 radical (unpaired) electrons. The van der Waals surface area contributed by atoms with Crippen LogP contribution < -0.4 is 15.4 Å². The van der Waals surface area contributed by atoms with Crippen LogP contribution in [0, 0.1) is 0 Å². The molecular weight excluding hydrogens is 254 g/mol. The van der Waals surface area contributed by atoms with Crippen molar-refractivity contribution >= 4 is 11.9 Å². The molecule has 1 atom stereocenters. The van der Waals surface area contributed by atoms with Crippen molar-refractivity contribution in [3.05, 3.63) is 29.8 Å². The van der Waals surface area contributed by atoms with Crippen molar-refractivity contribution in [3.63, 3.8) is 0 Å². The molecule has 20 heavy (non-hydrogen) atoms. The Hall–Kier alpha value is -2.04. The van der Waals surface area contributed by atoms with Gasteiger partial charge in [-0.05, 0) is 38.0 Å². The minimum absolute atomic E-state index is 0.110. The van der Waals surface area contributed by atoms with E-state index in [4.69, 9.17) is 4.74 Å². The van der Waals surface area contributed by atoms with E-state index in [1.165, 1.54) is 0 Å². The van der Waals surface area contributed by atoms with Crippen LogP contribution in [0.2, 0.25) is 0 Å². The van der Waals surface area contributed by atoms with Crippen molar-refractivity contribution in [2.75, 3.05) is 6.61 Å². The second-order valence-electron chi connectivity index (χ2n) is 5.09. The minimum atomic E-state index is -0.499. The lowest BCUT2D eigenvalue weighted by atomic mass is 10.1. The fourth-order valence-corrected chi connectivity index (χ4v) is 1.97. The third-order valence-electron chi connectivity index (χ3n) is 2.82. The van der Waals surface area contributed by atoms with Crippen LogP contribution in [0.5, 0.6) is 5.75 Å². The van der Waals surface area contributed by atoms with E-state index < -0.39 is 6.04 Å². The largest absolute Gasteiger partial charge is 0.494 e. The van der Waals surface area contributed by atoms with Gasteiger partial charge in [-0.25, -0.2) is 4.99 Å². The molecule has 5 nitrogen and oxygen atoms in total. The molecule has 0 saturated heterocycles. The first-order chi connectivity index (χ1) is 9.60. The molecule has 1 aromatic rings. The molecule has 0 saturated carbocycles. The van der Waals surface area contributed by atoms with Crippen molar-refractivity contribution in [2.45, 2.75) is 39.3 Å². The maximum Gasteiger partial charge on any atom is 0.256 e. The molecule has 1 unspecified atom stereocenters. The molecule has 2 N–H and O–H groups in total. The zero-order chi connectivity index (χ0) is 14.5. The van der Waals surface area contributed by atoms with Crippen LogP contribution in [0.25, 0.3) is 0 Å². The second kappa shape index (κ2) is 6.41. The summed E-state index contributed by atoms with van der Waals surface area (Å²) in [4.78, 5) is 16.4. The van der Waals surface area contributed by atoms with Gasteiger partial charge in [-0.15, -0.1) is 0 Å². The van der Waals surface area contributed by atoms with Crippen molar-refractivity contribution in [2.24, 2.45) is 4.99 Å². The van der Waals surface area contributed by atoms with E-state index in [9.17, 15) is 4.79 Å². The fraction of sp³-hybridized carbons (Fsp3) is 0.467.